The van der Waals surface area contributed by atoms with Crippen molar-refractivity contribution in [1.82, 2.24) is 16.0 Å². The molecule has 7 atom stereocenters. The Morgan fingerprint density at radius 3 is 2.65 bits per heavy atom. The number of β-amino-alcohol motifs (C(OH)–C–C–N with tert-alkyl or cyclic N) is 1. The van der Waals surface area contributed by atoms with Crippen LogP contribution in [-0.2, 0) is 4.79 Å². The van der Waals surface area contributed by atoms with Crippen molar-refractivity contribution in [2.24, 2.45) is 5.73 Å². The van der Waals surface area contributed by atoms with Crippen LogP contribution >= 0.6 is 0 Å². The van der Waals surface area contributed by atoms with Gasteiger partial charge in [0.2, 0.25) is 0 Å². The van der Waals surface area contributed by atoms with Crippen LogP contribution in [0.5, 0.6) is 0 Å². The van der Waals surface area contributed by atoms with E-state index in [1.54, 1.807) is 0 Å². The molecule has 0 aromatic carbocycles. The lowest BCUT2D eigenvalue weighted by molar-refractivity contribution is -0.143. The van der Waals surface area contributed by atoms with Gasteiger partial charge in [0, 0.05) is 24.2 Å². The fourth-order valence-electron chi connectivity index (χ4n) is 5.39. The van der Waals surface area contributed by atoms with E-state index < -0.39 is 11.6 Å². The highest BCUT2D eigenvalue weighted by atomic mass is 16.4. The van der Waals surface area contributed by atoms with Crippen LogP contribution in [0.25, 0.3) is 0 Å². The van der Waals surface area contributed by atoms with Crippen molar-refractivity contribution in [1.29, 1.82) is 0 Å². The molecule has 0 bridgehead atoms. The summed E-state index contributed by atoms with van der Waals surface area (Å²) in [6, 6.07) is 0.488. The summed E-state index contributed by atoms with van der Waals surface area (Å²) in [5, 5.41) is 50.5. The van der Waals surface area contributed by atoms with E-state index in [0.29, 0.717) is 12.5 Å². The fourth-order valence-corrected chi connectivity index (χ4v) is 5.39. The average molecular weight is 487 g/mol. The van der Waals surface area contributed by atoms with E-state index in [2.05, 4.69) is 22.9 Å². The molecule has 0 saturated carbocycles. The summed E-state index contributed by atoms with van der Waals surface area (Å²) in [5.41, 5.74) is 4.52. The Morgan fingerprint density at radius 2 is 1.97 bits per heavy atom. The Hall–Kier alpha value is -0.810. The number of aliphatic hydroxyl groups is 3. The Morgan fingerprint density at radius 1 is 1.24 bits per heavy atom. The predicted octanol–water partition coefficient (Wildman–Crippen LogP) is 1.19. The van der Waals surface area contributed by atoms with Crippen LogP contribution in [0.3, 0.4) is 0 Å². The van der Waals surface area contributed by atoms with E-state index in [9.17, 15) is 25.2 Å². The second-order valence-electron chi connectivity index (χ2n) is 11.2. The highest BCUT2D eigenvalue weighted by Gasteiger charge is 2.35. The third-order valence-electron chi connectivity index (χ3n) is 7.74. The van der Waals surface area contributed by atoms with E-state index in [-0.39, 0.29) is 42.9 Å². The standard InChI is InChI=1S/C25H50N4O5/c1-18-21(31)11-9-19(29-18)8-10-20(30)7-5-3-4-6-12-25(34,16-23(32)33)17-28-24(2)13-14-27-22(26)15-24/h18-22,27-31,34H,3-17,26H2,1-2H3,(H,32,33)/t18-,19+,20+,21+,22-,24+,25+/m0/s1. The molecular weight excluding hydrogens is 436 g/mol. The van der Waals surface area contributed by atoms with E-state index in [0.717, 1.165) is 77.2 Å². The molecule has 9 nitrogen and oxygen atoms in total. The number of rotatable bonds is 15. The minimum absolute atomic E-state index is 0.0930. The molecule has 0 aromatic rings. The first-order chi connectivity index (χ1) is 16.0. The van der Waals surface area contributed by atoms with E-state index in [1.165, 1.54) is 0 Å². The molecule has 0 aromatic heterocycles. The first-order valence-corrected chi connectivity index (χ1v) is 13.3. The van der Waals surface area contributed by atoms with Gasteiger partial charge in [-0.05, 0) is 71.8 Å². The minimum atomic E-state index is -1.28. The molecule has 2 aliphatic rings. The monoisotopic (exact) mass is 486 g/mol. The van der Waals surface area contributed by atoms with Crippen molar-refractivity contribution in [2.45, 2.75) is 139 Å². The summed E-state index contributed by atoms with van der Waals surface area (Å²) in [7, 11) is 0. The third kappa shape index (κ3) is 10.8. The van der Waals surface area contributed by atoms with Crippen LogP contribution in [0.15, 0.2) is 0 Å². The zero-order chi connectivity index (χ0) is 25.2. The summed E-state index contributed by atoms with van der Waals surface area (Å²) >= 11 is 0. The van der Waals surface area contributed by atoms with Crippen molar-refractivity contribution in [3.8, 4) is 0 Å². The lowest BCUT2D eigenvalue weighted by atomic mass is 9.86. The Bertz CT molecular complexity index is 612. The number of hydrogen-bond acceptors (Lipinski definition) is 8. The topological polar surface area (TPSA) is 160 Å². The van der Waals surface area contributed by atoms with Gasteiger partial charge in [-0.2, -0.15) is 0 Å². The molecule has 0 aliphatic carbocycles. The van der Waals surface area contributed by atoms with Gasteiger partial charge in [0.25, 0.3) is 0 Å². The van der Waals surface area contributed by atoms with Crippen LogP contribution in [0.1, 0.15) is 97.3 Å². The zero-order valence-corrected chi connectivity index (χ0v) is 21.3. The quantitative estimate of drug-likeness (QED) is 0.159. The van der Waals surface area contributed by atoms with Gasteiger partial charge in [-0.1, -0.05) is 25.7 Å². The summed E-state index contributed by atoms with van der Waals surface area (Å²) in [5.74, 6) is -0.990. The lowest BCUT2D eigenvalue weighted by Gasteiger charge is -2.41. The minimum Gasteiger partial charge on any atom is -0.481 e. The molecule has 2 rings (SSSR count). The van der Waals surface area contributed by atoms with Crippen molar-refractivity contribution < 1.29 is 25.2 Å². The maximum atomic E-state index is 11.4. The SMILES string of the molecule is C[C@@H]1N[C@H](CC[C@H](O)CCCCCC[C@](O)(CN[C@]2(C)CCN[C@H](N)C2)CC(=O)O)CC[C@H]1O. The molecule has 2 aliphatic heterocycles. The second-order valence-corrected chi connectivity index (χ2v) is 11.2. The number of carbonyl (C=O) groups is 1. The molecule has 0 amide bonds. The first kappa shape index (κ1) is 29.4. The normalized spacial score (nSPS) is 32.8. The summed E-state index contributed by atoms with van der Waals surface area (Å²) in [4.78, 5) is 11.4. The van der Waals surface area contributed by atoms with E-state index in [1.807, 2.05) is 6.92 Å². The average Bonchev–Trinajstić information content (AvgIpc) is 2.75. The molecule has 9 N–H and O–H groups in total. The largest absolute Gasteiger partial charge is 0.481 e. The Balaban J connectivity index is 1.62. The number of unbranched alkanes of at least 4 members (excludes halogenated alkanes) is 3. The number of aliphatic hydroxyl groups excluding tert-OH is 2. The van der Waals surface area contributed by atoms with Crippen LogP contribution in [0, 0.1) is 0 Å². The maximum Gasteiger partial charge on any atom is 0.306 e. The molecule has 9 heteroatoms. The molecule has 2 heterocycles. The molecule has 2 fully saturated rings. The number of hydrogen-bond donors (Lipinski definition) is 8. The van der Waals surface area contributed by atoms with Crippen molar-refractivity contribution in [2.75, 3.05) is 13.1 Å². The van der Waals surface area contributed by atoms with Crippen LogP contribution in [-0.4, -0.2) is 81.1 Å². The molecule has 2 saturated heterocycles. The molecule has 200 valence electrons. The smallest absolute Gasteiger partial charge is 0.306 e. The van der Waals surface area contributed by atoms with Gasteiger partial charge in [-0.25, -0.2) is 0 Å². The van der Waals surface area contributed by atoms with Gasteiger partial charge in [0.15, 0.2) is 0 Å². The van der Waals surface area contributed by atoms with Crippen molar-refractivity contribution >= 4 is 5.97 Å². The lowest BCUT2D eigenvalue weighted by Crippen LogP contribution is -2.59. The number of carboxylic acids is 1. The van der Waals surface area contributed by atoms with Crippen LogP contribution < -0.4 is 21.7 Å². The van der Waals surface area contributed by atoms with Crippen molar-refractivity contribution in [3.63, 3.8) is 0 Å². The van der Waals surface area contributed by atoms with Crippen LogP contribution in [0.4, 0.5) is 0 Å². The van der Waals surface area contributed by atoms with Gasteiger partial charge in [-0.3, -0.25) is 4.79 Å². The summed E-state index contributed by atoms with van der Waals surface area (Å²) in [6.07, 6.45) is 8.87. The van der Waals surface area contributed by atoms with Crippen molar-refractivity contribution in [3.05, 3.63) is 0 Å². The number of aliphatic carboxylic acids is 1. The second kappa shape index (κ2) is 14.1. The van der Waals surface area contributed by atoms with E-state index in [4.69, 9.17) is 5.73 Å². The van der Waals surface area contributed by atoms with Gasteiger partial charge >= 0.3 is 5.97 Å². The first-order valence-electron chi connectivity index (χ1n) is 13.3. The van der Waals surface area contributed by atoms with Gasteiger partial charge in [0.1, 0.15) is 0 Å². The Kier molecular flexibility index (Phi) is 12.2. The fraction of sp³-hybridized carbons (Fsp3) is 0.960. The summed E-state index contributed by atoms with van der Waals surface area (Å²) < 4.78 is 0. The predicted molar refractivity (Wildman–Crippen MR) is 133 cm³/mol. The number of nitrogens with two attached hydrogens (primary N) is 1. The van der Waals surface area contributed by atoms with Gasteiger partial charge in [0.05, 0.1) is 30.4 Å². The molecule has 0 spiro atoms. The molecule has 34 heavy (non-hydrogen) atoms. The molecule has 0 radical (unpaired) electrons. The van der Waals surface area contributed by atoms with E-state index >= 15 is 0 Å². The highest BCUT2D eigenvalue weighted by molar-refractivity contribution is 5.68. The number of carboxylic acid groups (broad SMARTS) is 1. The maximum absolute atomic E-state index is 11.4. The zero-order valence-electron chi connectivity index (χ0n) is 21.3. The van der Waals surface area contributed by atoms with Gasteiger partial charge in [-0.15, -0.1) is 0 Å². The molecular formula is C25H50N4O5. The Labute approximate surface area is 205 Å². The number of nitrogens with one attached hydrogen (secondary N) is 3. The molecule has 0 unspecified atom stereocenters. The van der Waals surface area contributed by atoms with Crippen LogP contribution in [0.2, 0.25) is 0 Å². The van der Waals surface area contributed by atoms with Gasteiger partial charge < -0.3 is 42.1 Å². The number of piperidine rings is 2. The third-order valence-corrected chi connectivity index (χ3v) is 7.74. The highest BCUT2D eigenvalue weighted by Crippen LogP contribution is 2.25. The summed E-state index contributed by atoms with van der Waals surface area (Å²) in [6.45, 7) is 5.12.